The van der Waals surface area contributed by atoms with Crippen molar-refractivity contribution in [1.82, 2.24) is 9.88 Å². The number of carbonyl (C=O) groups excluding carboxylic acids is 1. The van der Waals surface area contributed by atoms with Crippen LogP contribution in [0.15, 0.2) is 36.5 Å². The van der Waals surface area contributed by atoms with Crippen molar-refractivity contribution in [3.05, 3.63) is 52.8 Å². The van der Waals surface area contributed by atoms with E-state index in [1.807, 2.05) is 36.2 Å². The Balaban J connectivity index is 2.10. The Morgan fingerprint density at radius 3 is 2.80 bits per heavy atom. The number of aromatic nitrogens is 1. The van der Waals surface area contributed by atoms with E-state index in [0.29, 0.717) is 10.7 Å². The van der Waals surface area contributed by atoms with Gasteiger partial charge >= 0.3 is 0 Å². The molecule has 0 radical (unpaired) electrons. The van der Waals surface area contributed by atoms with Gasteiger partial charge in [0.2, 0.25) is 0 Å². The second-order valence-electron chi connectivity index (χ2n) is 5.49. The van der Waals surface area contributed by atoms with Crippen LogP contribution in [-0.2, 0) is 5.54 Å². The lowest BCUT2D eigenvalue weighted by atomic mass is 9.94. The third kappa shape index (κ3) is 1.41. The lowest BCUT2D eigenvalue weighted by molar-refractivity contribution is 0.0704. The molecule has 1 aromatic carbocycles. The Hall–Kier alpha value is -1.87. The van der Waals surface area contributed by atoms with Crippen LogP contribution in [0.4, 0.5) is 0 Å². The highest BCUT2D eigenvalue weighted by Crippen LogP contribution is 2.55. The molecule has 1 fully saturated rings. The zero-order chi connectivity index (χ0) is 13.9. The van der Waals surface area contributed by atoms with Gasteiger partial charge in [-0.25, -0.2) is 0 Å². The SMILES string of the molecule is CN1C(=O)c2ncccc2-c2cc(Cl)ccc2C12CC2. The quantitative estimate of drug-likeness (QED) is 0.742. The van der Waals surface area contributed by atoms with E-state index in [2.05, 4.69) is 11.1 Å². The van der Waals surface area contributed by atoms with Gasteiger partial charge in [-0.1, -0.05) is 23.7 Å². The normalized spacial score (nSPS) is 18.5. The Bertz CT molecular complexity index is 737. The predicted octanol–water partition coefficient (Wildman–Crippen LogP) is 3.48. The highest BCUT2D eigenvalue weighted by atomic mass is 35.5. The third-order valence-electron chi connectivity index (χ3n) is 4.45. The van der Waals surface area contributed by atoms with Gasteiger partial charge in [0.15, 0.2) is 0 Å². The van der Waals surface area contributed by atoms with E-state index < -0.39 is 0 Å². The molecule has 2 aromatic rings. The lowest BCUT2D eigenvalue weighted by Crippen LogP contribution is -2.36. The standard InChI is InChI=1S/C16H13ClN2O/c1-19-15(20)14-11(3-2-8-18-14)12-9-10(17)4-5-13(12)16(19)6-7-16/h2-5,8-9H,6-7H2,1H3. The smallest absolute Gasteiger partial charge is 0.273 e. The first-order chi connectivity index (χ1) is 9.63. The van der Waals surface area contributed by atoms with Gasteiger partial charge < -0.3 is 4.90 Å². The fraction of sp³-hybridized carbons (Fsp3) is 0.250. The number of fused-ring (bicyclic) bond motifs is 4. The molecule has 100 valence electrons. The maximum Gasteiger partial charge on any atom is 0.273 e. The number of nitrogens with zero attached hydrogens (tertiary/aromatic N) is 2. The highest BCUT2D eigenvalue weighted by Gasteiger charge is 2.53. The van der Waals surface area contributed by atoms with Crippen LogP contribution in [0.2, 0.25) is 5.02 Å². The summed E-state index contributed by atoms with van der Waals surface area (Å²) in [5.74, 6) is -0.00887. The Kier molecular flexibility index (Phi) is 2.28. The number of rotatable bonds is 0. The van der Waals surface area contributed by atoms with Crippen molar-refractivity contribution in [2.24, 2.45) is 0 Å². The summed E-state index contributed by atoms with van der Waals surface area (Å²) in [5.41, 5.74) is 3.45. The van der Waals surface area contributed by atoms with Gasteiger partial charge in [-0.2, -0.15) is 0 Å². The Morgan fingerprint density at radius 1 is 1.25 bits per heavy atom. The summed E-state index contributed by atoms with van der Waals surface area (Å²) in [7, 11) is 1.87. The van der Waals surface area contributed by atoms with Crippen LogP contribution in [0.25, 0.3) is 11.1 Å². The lowest BCUT2D eigenvalue weighted by Gasteiger charge is -2.27. The summed E-state index contributed by atoms with van der Waals surface area (Å²) in [4.78, 5) is 18.8. The number of pyridine rings is 1. The topological polar surface area (TPSA) is 33.2 Å². The average molecular weight is 285 g/mol. The first kappa shape index (κ1) is 11.9. The molecule has 3 nitrogen and oxygen atoms in total. The summed E-state index contributed by atoms with van der Waals surface area (Å²) in [5, 5.41) is 0.686. The van der Waals surface area contributed by atoms with Crippen LogP contribution in [-0.4, -0.2) is 22.8 Å². The largest absolute Gasteiger partial charge is 0.331 e. The molecule has 4 rings (SSSR count). The second-order valence-corrected chi connectivity index (χ2v) is 5.92. The van der Waals surface area contributed by atoms with E-state index in [9.17, 15) is 4.79 Å². The molecule has 1 spiro atoms. The number of hydrogen-bond donors (Lipinski definition) is 0. The van der Waals surface area contributed by atoms with Gasteiger partial charge in [0.25, 0.3) is 5.91 Å². The molecular weight excluding hydrogens is 272 g/mol. The minimum atomic E-state index is -0.169. The molecule has 1 aliphatic heterocycles. The monoisotopic (exact) mass is 284 g/mol. The van der Waals surface area contributed by atoms with Crippen molar-refractivity contribution in [2.45, 2.75) is 18.4 Å². The Labute approximate surface area is 122 Å². The van der Waals surface area contributed by atoms with Gasteiger partial charge in [-0.15, -0.1) is 0 Å². The maximum atomic E-state index is 12.7. The van der Waals surface area contributed by atoms with Gasteiger partial charge in [0.05, 0.1) is 5.54 Å². The second kappa shape index (κ2) is 3.83. The van der Waals surface area contributed by atoms with Crippen molar-refractivity contribution in [3.63, 3.8) is 0 Å². The van der Waals surface area contributed by atoms with Crippen LogP contribution in [0.5, 0.6) is 0 Å². The van der Waals surface area contributed by atoms with Crippen molar-refractivity contribution in [1.29, 1.82) is 0 Å². The van der Waals surface area contributed by atoms with Gasteiger partial charge in [0.1, 0.15) is 5.69 Å². The van der Waals surface area contributed by atoms with Crippen LogP contribution < -0.4 is 0 Å². The van der Waals surface area contributed by atoms with Crippen LogP contribution >= 0.6 is 11.6 Å². The zero-order valence-corrected chi connectivity index (χ0v) is 11.8. The minimum absolute atomic E-state index is 0.00887. The third-order valence-corrected chi connectivity index (χ3v) is 4.69. The molecule has 0 N–H and O–H groups in total. The molecule has 1 aliphatic carbocycles. The van der Waals surface area contributed by atoms with Crippen LogP contribution in [0.3, 0.4) is 0 Å². The van der Waals surface area contributed by atoms with Crippen molar-refractivity contribution in [2.75, 3.05) is 7.05 Å². The minimum Gasteiger partial charge on any atom is -0.331 e. The van der Waals surface area contributed by atoms with E-state index in [-0.39, 0.29) is 11.4 Å². The molecule has 2 aliphatic rings. The molecular formula is C16H13ClN2O. The number of carbonyl (C=O) groups is 1. The first-order valence-electron chi connectivity index (χ1n) is 6.67. The predicted molar refractivity (Wildman–Crippen MR) is 77.7 cm³/mol. The summed E-state index contributed by atoms with van der Waals surface area (Å²) < 4.78 is 0. The van der Waals surface area contributed by atoms with Crippen LogP contribution in [0.1, 0.15) is 28.9 Å². The first-order valence-corrected chi connectivity index (χ1v) is 7.05. The zero-order valence-electron chi connectivity index (χ0n) is 11.1. The molecule has 0 bridgehead atoms. The molecule has 4 heteroatoms. The molecule has 1 amide bonds. The highest BCUT2D eigenvalue weighted by molar-refractivity contribution is 6.31. The van der Waals surface area contributed by atoms with E-state index in [0.717, 1.165) is 24.0 Å². The van der Waals surface area contributed by atoms with E-state index in [1.54, 1.807) is 6.20 Å². The molecule has 0 atom stereocenters. The van der Waals surface area contributed by atoms with E-state index >= 15 is 0 Å². The molecule has 1 saturated carbocycles. The fourth-order valence-corrected chi connectivity index (χ4v) is 3.37. The fourth-order valence-electron chi connectivity index (χ4n) is 3.20. The number of benzene rings is 1. The van der Waals surface area contributed by atoms with Crippen molar-refractivity contribution < 1.29 is 4.79 Å². The molecule has 2 heterocycles. The van der Waals surface area contributed by atoms with E-state index in [4.69, 9.17) is 11.6 Å². The van der Waals surface area contributed by atoms with E-state index in [1.165, 1.54) is 5.56 Å². The molecule has 20 heavy (non-hydrogen) atoms. The summed E-state index contributed by atoms with van der Waals surface area (Å²) >= 11 is 6.16. The van der Waals surface area contributed by atoms with Gasteiger partial charge in [-0.05, 0) is 42.2 Å². The summed E-state index contributed by atoms with van der Waals surface area (Å²) in [6.45, 7) is 0. The Morgan fingerprint density at radius 2 is 2.05 bits per heavy atom. The number of amides is 1. The van der Waals surface area contributed by atoms with Crippen molar-refractivity contribution in [3.8, 4) is 11.1 Å². The number of hydrogen-bond acceptors (Lipinski definition) is 2. The molecule has 0 saturated heterocycles. The number of halogens is 1. The summed E-state index contributed by atoms with van der Waals surface area (Å²) in [6, 6.07) is 9.72. The van der Waals surface area contributed by atoms with Crippen molar-refractivity contribution >= 4 is 17.5 Å². The summed E-state index contributed by atoms with van der Waals surface area (Å²) in [6.07, 6.45) is 3.66. The van der Waals surface area contributed by atoms with Gasteiger partial charge in [0, 0.05) is 23.8 Å². The van der Waals surface area contributed by atoms with Crippen LogP contribution in [0, 0.1) is 0 Å². The average Bonchev–Trinajstić information content (AvgIpc) is 3.27. The molecule has 1 aromatic heterocycles. The molecule has 0 unspecified atom stereocenters. The maximum absolute atomic E-state index is 12.7. The van der Waals surface area contributed by atoms with Gasteiger partial charge in [-0.3, -0.25) is 9.78 Å².